The predicted molar refractivity (Wildman–Crippen MR) is 98.2 cm³/mol. The van der Waals surface area contributed by atoms with Crippen molar-refractivity contribution in [3.05, 3.63) is 76.2 Å². The molecule has 128 valence electrons. The summed E-state index contributed by atoms with van der Waals surface area (Å²) in [5.74, 6) is 0.434. The number of H-pyrrole nitrogens is 1. The molecule has 1 atom stereocenters. The number of rotatable bonds is 5. The summed E-state index contributed by atoms with van der Waals surface area (Å²) in [6, 6.07) is 16.6. The Labute approximate surface area is 145 Å². The minimum atomic E-state index is -0.331. The third-order valence-electron chi connectivity index (χ3n) is 3.87. The fourth-order valence-electron chi connectivity index (χ4n) is 2.63. The number of carbonyl (C=O) groups excluding carboxylic acids is 1. The molecule has 1 aromatic heterocycles. The Morgan fingerprint density at radius 2 is 1.96 bits per heavy atom. The summed E-state index contributed by atoms with van der Waals surface area (Å²) in [4.78, 5) is 27.0. The Balaban J connectivity index is 1.65. The lowest BCUT2D eigenvalue weighted by atomic mass is 10.1. The van der Waals surface area contributed by atoms with Crippen LogP contribution < -0.4 is 15.6 Å². The zero-order valence-electron chi connectivity index (χ0n) is 14.2. The van der Waals surface area contributed by atoms with E-state index >= 15 is 0 Å². The van der Waals surface area contributed by atoms with Gasteiger partial charge in [0.15, 0.2) is 0 Å². The highest BCUT2D eigenvalue weighted by Gasteiger charge is 2.11. The van der Waals surface area contributed by atoms with Crippen molar-refractivity contribution in [1.29, 1.82) is 0 Å². The monoisotopic (exact) mass is 336 g/mol. The Morgan fingerprint density at radius 3 is 2.76 bits per heavy atom. The summed E-state index contributed by atoms with van der Waals surface area (Å²) in [5, 5.41) is 4.09. The lowest BCUT2D eigenvalue weighted by molar-refractivity contribution is 0.0927. The van der Waals surface area contributed by atoms with Gasteiger partial charge in [-0.15, -0.1) is 0 Å². The van der Waals surface area contributed by atoms with Gasteiger partial charge in [0.2, 0.25) is 0 Å². The van der Waals surface area contributed by atoms with E-state index in [0.717, 1.165) is 16.7 Å². The Kier molecular flexibility index (Phi) is 4.84. The fraction of sp³-hybridized carbons (Fsp3) is 0.200. The summed E-state index contributed by atoms with van der Waals surface area (Å²) in [7, 11) is 0. The van der Waals surface area contributed by atoms with Crippen LogP contribution in [0.1, 0.15) is 23.0 Å². The van der Waals surface area contributed by atoms with Gasteiger partial charge in [0, 0.05) is 5.39 Å². The number of ether oxygens (including phenoxy) is 1. The largest absolute Gasteiger partial charge is 0.489 e. The molecule has 2 N–H and O–H groups in total. The topological polar surface area (TPSA) is 71.2 Å². The smallest absolute Gasteiger partial charge is 0.267 e. The van der Waals surface area contributed by atoms with Gasteiger partial charge >= 0.3 is 0 Å². The molecular formula is C20H20N2O3. The van der Waals surface area contributed by atoms with Crippen LogP contribution in [0.4, 0.5) is 0 Å². The molecule has 5 nitrogen and oxygen atoms in total. The van der Waals surface area contributed by atoms with Crippen LogP contribution in [0.5, 0.6) is 5.75 Å². The van der Waals surface area contributed by atoms with E-state index in [0.29, 0.717) is 11.9 Å². The molecule has 0 unspecified atom stereocenters. The molecule has 0 bridgehead atoms. The van der Waals surface area contributed by atoms with Crippen molar-refractivity contribution < 1.29 is 9.53 Å². The lowest BCUT2D eigenvalue weighted by Crippen LogP contribution is -2.34. The number of aromatic amines is 1. The second kappa shape index (κ2) is 7.21. The molecule has 0 saturated heterocycles. The second-order valence-electron chi connectivity index (χ2n) is 6.05. The molecule has 0 aliphatic rings. The molecule has 0 spiro atoms. The minimum absolute atomic E-state index is 0.196. The normalized spacial score (nSPS) is 11.9. The van der Waals surface area contributed by atoms with Crippen LogP contribution >= 0.6 is 0 Å². The van der Waals surface area contributed by atoms with Gasteiger partial charge in [-0.05, 0) is 49.1 Å². The number of hydrogen-bond donors (Lipinski definition) is 2. The molecule has 5 heteroatoms. The first-order valence-corrected chi connectivity index (χ1v) is 8.16. The molecular weight excluding hydrogens is 316 g/mol. The molecule has 3 aromatic rings. The standard InChI is InChI=1S/C20H20N2O3/c1-13-6-5-8-16(10-13)25-14(2)12-21-20(24)18-11-15-7-3-4-9-17(15)19(23)22-18/h3-11,14H,12H2,1-2H3,(H,21,24)(H,22,23)/t14-/m0/s1. The first kappa shape index (κ1) is 16.8. The zero-order valence-corrected chi connectivity index (χ0v) is 14.2. The van der Waals surface area contributed by atoms with Gasteiger partial charge in [0.05, 0.1) is 6.54 Å². The van der Waals surface area contributed by atoms with E-state index in [1.54, 1.807) is 18.2 Å². The summed E-state index contributed by atoms with van der Waals surface area (Å²) in [6.45, 7) is 4.21. The summed E-state index contributed by atoms with van der Waals surface area (Å²) < 4.78 is 5.79. The van der Waals surface area contributed by atoms with Gasteiger partial charge in [-0.2, -0.15) is 0 Å². The molecule has 3 rings (SSSR count). The van der Waals surface area contributed by atoms with Crippen molar-refractivity contribution in [2.24, 2.45) is 0 Å². The van der Waals surface area contributed by atoms with Crippen LogP contribution in [-0.2, 0) is 0 Å². The van der Waals surface area contributed by atoms with E-state index in [4.69, 9.17) is 4.74 Å². The summed E-state index contributed by atoms with van der Waals surface area (Å²) in [5.41, 5.74) is 1.08. The van der Waals surface area contributed by atoms with Crippen molar-refractivity contribution in [2.45, 2.75) is 20.0 Å². The molecule has 0 aliphatic carbocycles. The van der Waals surface area contributed by atoms with Gasteiger partial charge in [0.25, 0.3) is 11.5 Å². The number of nitrogens with one attached hydrogen (secondary N) is 2. The van der Waals surface area contributed by atoms with Crippen LogP contribution in [-0.4, -0.2) is 23.5 Å². The number of amides is 1. The second-order valence-corrected chi connectivity index (χ2v) is 6.05. The Morgan fingerprint density at radius 1 is 1.16 bits per heavy atom. The SMILES string of the molecule is Cc1cccc(O[C@@H](C)CNC(=O)c2cc3ccccc3c(=O)[nH]2)c1. The predicted octanol–water partition coefficient (Wildman–Crippen LogP) is 3.03. The van der Waals surface area contributed by atoms with Gasteiger partial charge in [-0.25, -0.2) is 0 Å². The van der Waals surface area contributed by atoms with Crippen LogP contribution in [0.25, 0.3) is 10.8 Å². The van der Waals surface area contributed by atoms with Crippen molar-refractivity contribution in [2.75, 3.05) is 6.54 Å². The van der Waals surface area contributed by atoms with Gasteiger partial charge < -0.3 is 15.0 Å². The fourth-order valence-corrected chi connectivity index (χ4v) is 2.63. The number of hydrogen-bond acceptors (Lipinski definition) is 3. The van der Waals surface area contributed by atoms with Crippen molar-refractivity contribution in [3.8, 4) is 5.75 Å². The van der Waals surface area contributed by atoms with E-state index in [1.807, 2.05) is 50.2 Å². The lowest BCUT2D eigenvalue weighted by Gasteiger charge is -2.16. The van der Waals surface area contributed by atoms with Gasteiger partial charge in [0.1, 0.15) is 17.5 Å². The van der Waals surface area contributed by atoms with Gasteiger partial charge in [-0.3, -0.25) is 9.59 Å². The summed E-state index contributed by atoms with van der Waals surface area (Å²) in [6.07, 6.45) is -0.196. The molecule has 0 fully saturated rings. The van der Waals surface area contributed by atoms with Crippen LogP contribution in [0.2, 0.25) is 0 Å². The third-order valence-corrected chi connectivity index (χ3v) is 3.87. The minimum Gasteiger partial charge on any atom is -0.489 e. The number of aryl methyl sites for hydroxylation is 1. The van der Waals surface area contributed by atoms with Crippen LogP contribution in [0, 0.1) is 6.92 Å². The first-order chi connectivity index (χ1) is 12.0. The van der Waals surface area contributed by atoms with E-state index in [1.165, 1.54) is 0 Å². The average Bonchev–Trinajstić information content (AvgIpc) is 2.59. The molecule has 1 amide bonds. The average molecular weight is 336 g/mol. The van der Waals surface area contributed by atoms with Crippen molar-refractivity contribution in [1.82, 2.24) is 10.3 Å². The van der Waals surface area contributed by atoms with Crippen LogP contribution in [0.15, 0.2) is 59.4 Å². The highest BCUT2D eigenvalue weighted by Crippen LogP contribution is 2.14. The zero-order chi connectivity index (χ0) is 17.8. The molecule has 2 aromatic carbocycles. The van der Waals surface area contributed by atoms with Gasteiger partial charge in [-0.1, -0.05) is 30.3 Å². The van der Waals surface area contributed by atoms with Crippen molar-refractivity contribution >= 4 is 16.7 Å². The highest BCUT2D eigenvalue weighted by atomic mass is 16.5. The maximum absolute atomic E-state index is 12.3. The number of carbonyl (C=O) groups is 1. The van der Waals surface area contributed by atoms with Crippen LogP contribution in [0.3, 0.4) is 0 Å². The Bertz CT molecular complexity index is 962. The number of fused-ring (bicyclic) bond motifs is 1. The summed E-state index contributed by atoms with van der Waals surface area (Å²) >= 11 is 0. The highest BCUT2D eigenvalue weighted by molar-refractivity contribution is 5.96. The van der Waals surface area contributed by atoms with Crippen molar-refractivity contribution in [3.63, 3.8) is 0 Å². The first-order valence-electron chi connectivity index (χ1n) is 8.16. The molecule has 0 saturated carbocycles. The Hall–Kier alpha value is -3.08. The quantitative estimate of drug-likeness (QED) is 0.752. The van der Waals surface area contributed by atoms with E-state index in [9.17, 15) is 9.59 Å². The molecule has 25 heavy (non-hydrogen) atoms. The maximum atomic E-state index is 12.3. The molecule has 1 heterocycles. The van der Waals surface area contributed by atoms with E-state index in [-0.39, 0.29) is 23.3 Å². The number of aromatic nitrogens is 1. The molecule has 0 radical (unpaired) electrons. The maximum Gasteiger partial charge on any atom is 0.267 e. The number of pyridine rings is 1. The third kappa shape index (κ3) is 4.07. The van der Waals surface area contributed by atoms with E-state index in [2.05, 4.69) is 10.3 Å². The molecule has 0 aliphatic heterocycles. The van der Waals surface area contributed by atoms with E-state index < -0.39 is 0 Å². The number of benzene rings is 2.